The van der Waals surface area contributed by atoms with Gasteiger partial charge in [-0.2, -0.15) is 0 Å². The van der Waals surface area contributed by atoms with Gasteiger partial charge in [-0.1, -0.05) is 23.9 Å². The lowest BCUT2D eigenvalue weighted by Gasteiger charge is -2.34. The highest BCUT2D eigenvalue weighted by Gasteiger charge is 2.26. The highest BCUT2D eigenvalue weighted by Crippen LogP contribution is 2.39. The molecule has 0 saturated carbocycles. The summed E-state index contributed by atoms with van der Waals surface area (Å²) in [4.78, 5) is 51.8. The first kappa shape index (κ1) is 25.4. The van der Waals surface area contributed by atoms with Crippen LogP contribution in [0.1, 0.15) is 22.8 Å². The van der Waals surface area contributed by atoms with E-state index >= 15 is 0 Å². The summed E-state index contributed by atoms with van der Waals surface area (Å²) in [5.74, 6) is -1.37. The third kappa shape index (κ3) is 5.38. The molecule has 10 nitrogen and oxygen atoms in total. The van der Waals surface area contributed by atoms with Gasteiger partial charge in [-0.15, -0.1) is 0 Å². The number of thioether (sulfide) groups is 1. The minimum absolute atomic E-state index is 0.163. The predicted octanol–water partition coefficient (Wildman–Crippen LogP) is 3.70. The van der Waals surface area contributed by atoms with Crippen LogP contribution in [-0.2, 0) is 9.59 Å². The molecule has 0 aliphatic carbocycles. The standard InChI is InChI=1S/C27H26N6O4S/c1-17(34)33(21-9-7-20(8-10-21)32-13-11-31(2)12-14-32)27-28-16-22-25(30-27)38-23(24(35)29-22)15-18-3-5-19(6-4-18)26(36)37/h3-10,15-16H,11-14H2,1-2H3,(H,29,35)(H,36,37)/b23-15-. The maximum atomic E-state index is 12.7. The van der Waals surface area contributed by atoms with E-state index in [4.69, 9.17) is 5.11 Å². The van der Waals surface area contributed by atoms with E-state index in [0.717, 1.165) is 43.6 Å². The van der Waals surface area contributed by atoms with Crippen LogP contribution in [0.25, 0.3) is 6.08 Å². The quantitative estimate of drug-likeness (QED) is 0.376. The molecule has 194 valence electrons. The molecule has 0 bridgehead atoms. The van der Waals surface area contributed by atoms with E-state index in [2.05, 4.69) is 32.1 Å². The second-order valence-corrected chi connectivity index (χ2v) is 10.1. The third-order valence-electron chi connectivity index (χ3n) is 6.37. The number of nitrogens with zero attached hydrogens (tertiary/aromatic N) is 5. The number of anilines is 4. The molecule has 0 unspecified atom stereocenters. The number of carbonyl (C=O) groups is 3. The van der Waals surface area contributed by atoms with Crippen LogP contribution >= 0.6 is 11.8 Å². The molecule has 3 aromatic rings. The second-order valence-electron chi connectivity index (χ2n) is 9.04. The van der Waals surface area contributed by atoms with E-state index in [1.54, 1.807) is 18.2 Å². The van der Waals surface area contributed by atoms with Gasteiger partial charge in [0, 0.05) is 38.8 Å². The van der Waals surface area contributed by atoms with Crippen LogP contribution in [0.5, 0.6) is 0 Å². The minimum Gasteiger partial charge on any atom is -0.478 e. The summed E-state index contributed by atoms with van der Waals surface area (Å²) in [6.07, 6.45) is 3.16. The summed E-state index contributed by atoms with van der Waals surface area (Å²) in [6.45, 7) is 5.36. The molecule has 2 aliphatic heterocycles. The molecular weight excluding hydrogens is 504 g/mol. The number of carboxylic acids is 1. The summed E-state index contributed by atoms with van der Waals surface area (Å²) in [5, 5.41) is 12.4. The monoisotopic (exact) mass is 530 g/mol. The zero-order chi connectivity index (χ0) is 26.8. The number of fused-ring (bicyclic) bond motifs is 1. The first-order valence-corrected chi connectivity index (χ1v) is 12.9. The normalized spacial score (nSPS) is 16.6. The summed E-state index contributed by atoms with van der Waals surface area (Å²) >= 11 is 1.16. The lowest BCUT2D eigenvalue weighted by molar-refractivity contribution is -0.116. The van der Waals surface area contributed by atoms with E-state index in [1.807, 2.05) is 24.3 Å². The number of aromatic carboxylic acids is 1. The molecule has 0 atom stereocenters. The Morgan fingerprint density at radius 3 is 2.37 bits per heavy atom. The highest BCUT2D eigenvalue weighted by molar-refractivity contribution is 8.04. The molecule has 11 heteroatoms. The number of nitrogens with one attached hydrogen (secondary N) is 1. The van der Waals surface area contributed by atoms with Gasteiger partial charge in [0.25, 0.3) is 5.91 Å². The van der Waals surface area contributed by atoms with Crippen LogP contribution in [0.15, 0.2) is 64.7 Å². The van der Waals surface area contributed by atoms with Crippen LogP contribution in [0.2, 0.25) is 0 Å². The van der Waals surface area contributed by atoms with Gasteiger partial charge in [-0.05, 0) is 55.1 Å². The Kier molecular flexibility index (Phi) is 7.12. The number of piperazine rings is 1. The summed E-state index contributed by atoms with van der Waals surface area (Å²) in [5.41, 5.74) is 3.04. The molecule has 2 amide bonds. The van der Waals surface area contributed by atoms with Gasteiger partial charge in [-0.25, -0.2) is 19.7 Å². The van der Waals surface area contributed by atoms with Gasteiger partial charge in [0.15, 0.2) is 0 Å². The fourth-order valence-electron chi connectivity index (χ4n) is 4.25. The number of hydrogen-bond donors (Lipinski definition) is 2. The molecule has 2 N–H and O–H groups in total. The van der Waals surface area contributed by atoms with E-state index in [0.29, 0.717) is 26.9 Å². The SMILES string of the molecule is CC(=O)N(c1ccc(N2CCN(C)CC2)cc1)c1ncc2c(n1)S/C(=C\c1ccc(C(=O)O)cc1)C(=O)N2. The number of rotatable bonds is 5. The predicted molar refractivity (Wildman–Crippen MR) is 147 cm³/mol. The van der Waals surface area contributed by atoms with Crippen molar-refractivity contribution in [3.8, 4) is 0 Å². The average molecular weight is 531 g/mol. The lowest BCUT2D eigenvalue weighted by Crippen LogP contribution is -2.44. The van der Waals surface area contributed by atoms with E-state index in [9.17, 15) is 14.4 Å². The van der Waals surface area contributed by atoms with Crippen molar-refractivity contribution in [1.29, 1.82) is 0 Å². The van der Waals surface area contributed by atoms with Crippen LogP contribution in [0.4, 0.5) is 23.0 Å². The molecule has 1 fully saturated rings. The molecular formula is C27H26N6O4S. The van der Waals surface area contributed by atoms with Crippen molar-refractivity contribution < 1.29 is 19.5 Å². The number of hydrogen-bond acceptors (Lipinski definition) is 8. The largest absolute Gasteiger partial charge is 0.478 e. The van der Waals surface area contributed by atoms with E-state index < -0.39 is 5.97 Å². The molecule has 2 aromatic carbocycles. The Balaban J connectivity index is 1.39. The topological polar surface area (TPSA) is 119 Å². The molecule has 38 heavy (non-hydrogen) atoms. The van der Waals surface area contributed by atoms with Crippen LogP contribution in [-0.4, -0.2) is 71.0 Å². The summed E-state index contributed by atoms with van der Waals surface area (Å²) in [6, 6.07) is 14.0. The summed E-state index contributed by atoms with van der Waals surface area (Å²) in [7, 11) is 2.12. The number of carboxylic acid groups (broad SMARTS) is 1. The zero-order valence-electron chi connectivity index (χ0n) is 20.9. The van der Waals surface area contributed by atoms with Crippen molar-refractivity contribution in [2.45, 2.75) is 11.9 Å². The Labute approximate surface area is 224 Å². The molecule has 1 saturated heterocycles. The van der Waals surface area contributed by atoms with Crippen molar-refractivity contribution in [2.75, 3.05) is 48.3 Å². The lowest BCUT2D eigenvalue weighted by atomic mass is 10.1. The van der Waals surface area contributed by atoms with Crippen molar-refractivity contribution in [2.24, 2.45) is 0 Å². The second kappa shape index (κ2) is 10.6. The molecule has 1 aromatic heterocycles. The smallest absolute Gasteiger partial charge is 0.335 e. The van der Waals surface area contributed by atoms with Gasteiger partial charge in [-0.3, -0.25) is 9.59 Å². The number of aromatic nitrogens is 2. The fraction of sp³-hybridized carbons (Fsp3) is 0.222. The molecule has 0 spiro atoms. The maximum absolute atomic E-state index is 12.7. The Bertz CT molecular complexity index is 1420. The Hall–Kier alpha value is -4.22. The van der Waals surface area contributed by atoms with Crippen molar-refractivity contribution >= 4 is 58.6 Å². The molecule has 2 aliphatic rings. The first-order valence-electron chi connectivity index (χ1n) is 12.0. The van der Waals surface area contributed by atoms with Crippen LogP contribution in [0, 0.1) is 0 Å². The number of benzene rings is 2. The number of carbonyl (C=O) groups excluding carboxylic acids is 2. The highest BCUT2D eigenvalue weighted by atomic mass is 32.2. The van der Waals surface area contributed by atoms with E-state index in [-0.39, 0.29) is 23.3 Å². The molecule has 3 heterocycles. The van der Waals surface area contributed by atoms with Gasteiger partial charge >= 0.3 is 5.97 Å². The Morgan fingerprint density at radius 2 is 1.74 bits per heavy atom. The molecule has 5 rings (SSSR count). The van der Waals surface area contributed by atoms with Crippen LogP contribution < -0.4 is 15.1 Å². The average Bonchev–Trinajstić information content (AvgIpc) is 2.90. The van der Waals surface area contributed by atoms with Crippen molar-refractivity contribution in [3.05, 3.63) is 70.8 Å². The van der Waals surface area contributed by atoms with Gasteiger partial charge in [0.05, 0.1) is 28.0 Å². The number of amides is 2. The zero-order valence-corrected chi connectivity index (χ0v) is 21.7. The van der Waals surface area contributed by atoms with Gasteiger partial charge in [0.2, 0.25) is 11.9 Å². The number of likely N-dealkylation sites (N-methyl/N-ethyl adjacent to an activating group) is 1. The van der Waals surface area contributed by atoms with Gasteiger partial charge in [0.1, 0.15) is 5.03 Å². The van der Waals surface area contributed by atoms with Gasteiger partial charge < -0.3 is 20.2 Å². The minimum atomic E-state index is -1.02. The maximum Gasteiger partial charge on any atom is 0.335 e. The first-order chi connectivity index (χ1) is 18.3. The van der Waals surface area contributed by atoms with Crippen LogP contribution in [0.3, 0.4) is 0 Å². The van der Waals surface area contributed by atoms with Crippen molar-refractivity contribution in [1.82, 2.24) is 14.9 Å². The van der Waals surface area contributed by atoms with E-state index in [1.165, 1.54) is 30.2 Å². The molecule has 0 radical (unpaired) electrons. The Morgan fingerprint density at radius 1 is 1.05 bits per heavy atom. The van der Waals surface area contributed by atoms with Crippen molar-refractivity contribution in [3.63, 3.8) is 0 Å². The third-order valence-corrected chi connectivity index (χ3v) is 7.39. The fourth-order valence-corrected chi connectivity index (χ4v) is 5.13. The summed E-state index contributed by atoms with van der Waals surface area (Å²) < 4.78 is 0.